The fraction of sp³-hybridized carbons (Fsp3) is 0.435. The summed E-state index contributed by atoms with van der Waals surface area (Å²) in [6.45, 7) is 5.58. The summed E-state index contributed by atoms with van der Waals surface area (Å²) in [6.07, 6.45) is 5.03. The van der Waals surface area contributed by atoms with Gasteiger partial charge in [0.05, 0.1) is 11.6 Å². The molecular weight excluding hydrogens is 318 g/mol. The number of rotatable bonds is 1. The lowest BCUT2D eigenvalue weighted by Gasteiger charge is -2.33. The first-order valence-electron chi connectivity index (χ1n) is 9.91. The van der Waals surface area contributed by atoms with Crippen molar-refractivity contribution in [2.75, 3.05) is 24.5 Å². The molecule has 5 rings (SSSR count). The fourth-order valence-corrected chi connectivity index (χ4v) is 5.33. The van der Waals surface area contributed by atoms with E-state index < -0.39 is 0 Å². The van der Waals surface area contributed by atoms with Crippen molar-refractivity contribution in [1.29, 1.82) is 5.26 Å². The maximum absolute atomic E-state index is 9.17. The summed E-state index contributed by atoms with van der Waals surface area (Å²) in [5.74, 6) is 0.620. The molecule has 0 saturated carbocycles. The number of fused-ring (bicyclic) bond motifs is 3. The van der Waals surface area contributed by atoms with Crippen molar-refractivity contribution < 1.29 is 0 Å². The Labute approximate surface area is 155 Å². The molecule has 1 saturated heterocycles. The van der Waals surface area contributed by atoms with E-state index in [0.29, 0.717) is 12.0 Å². The third-order valence-corrected chi connectivity index (χ3v) is 6.51. The summed E-state index contributed by atoms with van der Waals surface area (Å²) in [5.41, 5.74) is 9.18. The van der Waals surface area contributed by atoms with Gasteiger partial charge >= 0.3 is 0 Å². The molecule has 3 heterocycles. The number of hydrogen-bond donors (Lipinski definition) is 1. The molecule has 1 N–H and O–H groups in total. The Balaban J connectivity index is 1.67. The number of nitriles is 1. The van der Waals surface area contributed by atoms with Crippen LogP contribution in [0.2, 0.25) is 0 Å². The standard InChI is InChI=1S/C23H25N3/c1-15-10-16(13-24)5-6-19(15)18-11-17-4-2-3-9-26-22-7-8-25-14-21(22)20(12-18)23(17)26/h5-6,10-12,21-22,25H,2-4,7-9,14H2,1H3/t21-,22-/m0/s1. The van der Waals surface area contributed by atoms with E-state index >= 15 is 0 Å². The molecule has 0 radical (unpaired) electrons. The minimum absolute atomic E-state index is 0.620. The van der Waals surface area contributed by atoms with Gasteiger partial charge in [-0.1, -0.05) is 6.07 Å². The minimum atomic E-state index is 0.620. The molecule has 0 spiro atoms. The van der Waals surface area contributed by atoms with Crippen LogP contribution in [0.4, 0.5) is 5.69 Å². The van der Waals surface area contributed by atoms with Gasteiger partial charge in [-0.2, -0.15) is 5.26 Å². The van der Waals surface area contributed by atoms with Crippen molar-refractivity contribution in [1.82, 2.24) is 5.32 Å². The summed E-state index contributed by atoms with van der Waals surface area (Å²) in [6, 6.07) is 13.9. The highest BCUT2D eigenvalue weighted by atomic mass is 15.2. The average molecular weight is 343 g/mol. The van der Waals surface area contributed by atoms with E-state index in [1.54, 1.807) is 11.3 Å². The number of nitrogens with one attached hydrogen (secondary N) is 1. The molecule has 3 aliphatic heterocycles. The number of aryl methyl sites for hydroxylation is 2. The summed E-state index contributed by atoms with van der Waals surface area (Å²) < 4.78 is 0. The van der Waals surface area contributed by atoms with Crippen LogP contribution in [0.1, 0.15) is 47.4 Å². The maximum Gasteiger partial charge on any atom is 0.0991 e. The van der Waals surface area contributed by atoms with Crippen molar-refractivity contribution in [3.05, 3.63) is 52.6 Å². The summed E-state index contributed by atoms with van der Waals surface area (Å²) >= 11 is 0. The van der Waals surface area contributed by atoms with E-state index in [4.69, 9.17) is 5.26 Å². The zero-order valence-corrected chi connectivity index (χ0v) is 15.4. The SMILES string of the molecule is Cc1cc(C#N)ccc1-c1cc2c3c(c1)[C@@H]1CNCC[C@@H]1N3CCCC2. The second-order valence-electron chi connectivity index (χ2n) is 8.03. The Morgan fingerprint density at radius 2 is 2.12 bits per heavy atom. The summed E-state index contributed by atoms with van der Waals surface area (Å²) in [7, 11) is 0. The van der Waals surface area contributed by atoms with E-state index in [9.17, 15) is 0 Å². The highest BCUT2D eigenvalue weighted by Gasteiger charge is 2.41. The lowest BCUT2D eigenvalue weighted by atomic mass is 9.86. The topological polar surface area (TPSA) is 39.1 Å². The van der Waals surface area contributed by atoms with Crippen molar-refractivity contribution in [2.24, 2.45) is 0 Å². The molecule has 3 heteroatoms. The first kappa shape index (κ1) is 15.9. The van der Waals surface area contributed by atoms with E-state index in [0.717, 1.165) is 18.7 Å². The first-order valence-corrected chi connectivity index (χ1v) is 9.91. The Hall–Kier alpha value is -2.31. The van der Waals surface area contributed by atoms with Crippen LogP contribution in [0.3, 0.4) is 0 Å². The molecule has 1 fully saturated rings. The van der Waals surface area contributed by atoms with Crippen molar-refractivity contribution in [2.45, 2.75) is 44.6 Å². The smallest absolute Gasteiger partial charge is 0.0991 e. The third-order valence-electron chi connectivity index (χ3n) is 6.51. The highest BCUT2D eigenvalue weighted by Crippen LogP contribution is 2.48. The van der Waals surface area contributed by atoms with Crippen molar-refractivity contribution >= 4 is 5.69 Å². The van der Waals surface area contributed by atoms with Gasteiger partial charge < -0.3 is 10.2 Å². The van der Waals surface area contributed by atoms with E-state index in [-0.39, 0.29) is 0 Å². The van der Waals surface area contributed by atoms with Gasteiger partial charge in [0.2, 0.25) is 0 Å². The van der Waals surface area contributed by atoms with Gasteiger partial charge in [0.15, 0.2) is 0 Å². The van der Waals surface area contributed by atoms with Crippen LogP contribution >= 0.6 is 0 Å². The molecule has 0 amide bonds. The largest absolute Gasteiger partial charge is 0.367 e. The molecule has 0 unspecified atom stereocenters. The maximum atomic E-state index is 9.17. The number of benzene rings is 2. The van der Waals surface area contributed by atoms with Crippen LogP contribution < -0.4 is 10.2 Å². The zero-order chi connectivity index (χ0) is 17.7. The highest BCUT2D eigenvalue weighted by molar-refractivity contribution is 5.77. The second kappa shape index (κ2) is 6.14. The molecule has 3 aliphatic rings. The average Bonchev–Trinajstić information content (AvgIpc) is 2.83. The van der Waals surface area contributed by atoms with Crippen LogP contribution in [-0.2, 0) is 6.42 Å². The van der Waals surface area contributed by atoms with Crippen LogP contribution in [0.15, 0.2) is 30.3 Å². The molecule has 0 aliphatic carbocycles. The van der Waals surface area contributed by atoms with E-state index in [2.05, 4.69) is 41.4 Å². The van der Waals surface area contributed by atoms with E-state index in [1.807, 2.05) is 12.1 Å². The molecule has 0 bridgehead atoms. The monoisotopic (exact) mass is 343 g/mol. The second-order valence-corrected chi connectivity index (χ2v) is 8.03. The van der Waals surface area contributed by atoms with Crippen LogP contribution in [-0.4, -0.2) is 25.7 Å². The quantitative estimate of drug-likeness (QED) is 0.846. The molecular formula is C23H25N3. The molecule has 2 aromatic rings. The van der Waals surface area contributed by atoms with Gasteiger partial charge in [0.1, 0.15) is 0 Å². The van der Waals surface area contributed by atoms with Gasteiger partial charge in [-0.05, 0) is 91.2 Å². The molecule has 2 aromatic carbocycles. The van der Waals surface area contributed by atoms with Gasteiger partial charge in [0.25, 0.3) is 0 Å². The van der Waals surface area contributed by atoms with Gasteiger partial charge in [-0.3, -0.25) is 0 Å². The molecule has 26 heavy (non-hydrogen) atoms. The van der Waals surface area contributed by atoms with Crippen LogP contribution in [0.5, 0.6) is 0 Å². The number of anilines is 1. The molecule has 2 atom stereocenters. The van der Waals surface area contributed by atoms with Crippen LogP contribution in [0.25, 0.3) is 11.1 Å². The Bertz CT molecular complexity index is 908. The fourth-order valence-electron chi connectivity index (χ4n) is 5.33. The van der Waals surface area contributed by atoms with E-state index in [1.165, 1.54) is 54.5 Å². The molecule has 132 valence electrons. The number of hydrogen-bond acceptors (Lipinski definition) is 3. The normalized spacial score (nSPS) is 23.8. The third kappa shape index (κ3) is 2.36. The first-order chi connectivity index (χ1) is 12.8. The number of piperidine rings is 1. The molecule has 0 aromatic heterocycles. The lowest BCUT2D eigenvalue weighted by Crippen LogP contribution is -2.44. The van der Waals surface area contributed by atoms with Gasteiger partial charge in [0, 0.05) is 30.7 Å². The minimum Gasteiger partial charge on any atom is -0.367 e. The lowest BCUT2D eigenvalue weighted by molar-refractivity contribution is 0.401. The summed E-state index contributed by atoms with van der Waals surface area (Å²) in [5, 5.41) is 12.8. The zero-order valence-electron chi connectivity index (χ0n) is 15.4. The Morgan fingerprint density at radius 3 is 2.96 bits per heavy atom. The van der Waals surface area contributed by atoms with Crippen molar-refractivity contribution in [3.63, 3.8) is 0 Å². The van der Waals surface area contributed by atoms with Crippen LogP contribution in [0, 0.1) is 18.3 Å². The Kier molecular flexibility index (Phi) is 3.76. The van der Waals surface area contributed by atoms with Gasteiger partial charge in [-0.25, -0.2) is 0 Å². The molecule has 3 nitrogen and oxygen atoms in total. The van der Waals surface area contributed by atoms with Crippen molar-refractivity contribution in [3.8, 4) is 17.2 Å². The number of nitrogens with zero attached hydrogens (tertiary/aromatic N) is 2. The Morgan fingerprint density at radius 1 is 1.19 bits per heavy atom. The predicted molar refractivity (Wildman–Crippen MR) is 106 cm³/mol. The summed E-state index contributed by atoms with van der Waals surface area (Å²) in [4.78, 5) is 2.73. The van der Waals surface area contributed by atoms with Gasteiger partial charge in [-0.15, -0.1) is 0 Å². The predicted octanol–water partition coefficient (Wildman–Crippen LogP) is 4.14.